The summed E-state index contributed by atoms with van der Waals surface area (Å²) in [4.78, 5) is 8.51. The molecule has 0 unspecified atom stereocenters. The third kappa shape index (κ3) is 2.36. The fourth-order valence-corrected chi connectivity index (χ4v) is 2.23. The van der Waals surface area contributed by atoms with E-state index in [1.807, 2.05) is 19.1 Å². The van der Waals surface area contributed by atoms with Gasteiger partial charge in [-0.25, -0.2) is 0 Å². The number of aromatic nitrogens is 3. The molecule has 2 aromatic heterocycles. The van der Waals surface area contributed by atoms with Gasteiger partial charge >= 0.3 is 0 Å². The zero-order valence-electron chi connectivity index (χ0n) is 10.8. The second kappa shape index (κ2) is 4.71. The smallest absolute Gasteiger partial charge is 0.259 e. The molecule has 1 fully saturated rings. The Labute approximate surface area is 110 Å². The maximum absolute atomic E-state index is 10.5. The third-order valence-electron chi connectivity index (χ3n) is 3.40. The van der Waals surface area contributed by atoms with Crippen LogP contribution in [0.2, 0.25) is 0 Å². The molecule has 0 amide bonds. The van der Waals surface area contributed by atoms with Crippen molar-refractivity contribution >= 4 is 0 Å². The van der Waals surface area contributed by atoms with Crippen LogP contribution in [0.3, 0.4) is 0 Å². The van der Waals surface area contributed by atoms with Gasteiger partial charge in [-0.1, -0.05) is 5.16 Å². The Kier molecular flexibility index (Phi) is 3.04. The molecule has 2 aromatic rings. The molecule has 1 saturated heterocycles. The van der Waals surface area contributed by atoms with Crippen molar-refractivity contribution in [1.29, 1.82) is 0 Å². The van der Waals surface area contributed by atoms with Crippen molar-refractivity contribution in [3.05, 3.63) is 29.8 Å². The normalized spacial score (nSPS) is 18.4. The molecule has 1 aliphatic heterocycles. The van der Waals surface area contributed by atoms with Gasteiger partial charge in [-0.3, -0.25) is 4.98 Å². The summed E-state index contributed by atoms with van der Waals surface area (Å²) < 4.78 is 5.22. The topological polar surface area (TPSA) is 84.1 Å². The third-order valence-corrected chi connectivity index (χ3v) is 3.40. The molecule has 3 rings (SSSR count). The van der Waals surface area contributed by atoms with Gasteiger partial charge in [0.1, 0.15) is 11.3 Å². The minimum atomic E-state index is -1.01. The van der Waals surface area contributed by atoms with E-state index in [1.54, 1.807) is 6.20 Å². The molecule has 6 nitrogen and oxygen atoms in total. The highest BCUT2D eigenvalue weighted by Crippen LogP contribution is 2.30. The monoisotopic (exact) mass is 260 g/mol. The van der Waals surface area contributed by atoms with Crippen molar-refractivity contribution in [3.63, 3.8) is 0 Å². The first kappa shape index (κ1) is 12.3. The van der Waals surface area contributed by atoms with E-state index in [9.17, 15) is 5.11 Å². The number of hydrogen-bond acceptors (Lipinski definition) is 6. The van der Waals surface area contributed by atoms with Crippen molar-refractivity contribution in [3.8, 4) is 11.5 Å². The van der Waals surface area contributed by atoms with Crippen LogP contribution in [-0.2, 0) is 5.60 Å². The molecular formula is C13H16N4O2. The second-order valence-corrected chi connectivity index (χ2v) is 4.92. The lowest BCUT2D eigenvalue weighted by Crippen LogP contribution is -2.39. The lowest BCUT2D eigenvalue weighted by atomic mass is 9.92. The van der Waals surface area contributed by atoms with Gasteiger partial charge < -0.3 is 14.9 Å². The van der Waals surface area contributed by atoms with E-state index in [1.165, 1.54) is 0 Å². The number of piperidine rings is 1. The maximum atomic E-state index is 10.5. The highest BCUT2D eigenvalue weighted by atomic mass is 16.5. The predicted molar refractivity (Wildman–Crippen MR) is 68.3 cm³/mol. The van der Waals surface area contributed by atoms with Crippen LogP contribution in [0.25, 0.3) is 11.5 Å². The zero-order valence-corrected chi connectivity index (χ0v) is 10.8. The first-order chi connectivity index (χ1) is 9.17. The average Bonchev–Trinajstić information content (AvgIpc) is 2.90. The highest BCUT2D eigenvalue weighted by molar-refractivity contribution is 5.49. The number of nitrogens with one attached hydrogen (secondary N) is 1. The van der Waals surface area contributed by atoms with Gasteiger partial charge in [-0.05, 0) is 50.6 Å². The molecule has 0 radical (unpaired) electrons. The average molecular weight is 260 g/mol. The molecule has 19 heavy (non-hydrogen) atoms. The van der Waals surface area contributed by atoms with Gasteiger partial charge in [-0.15, -0.1) is 0 Å². The predicted octanol–water partition coefficient (Wildman–Crippen LogP) is 1.01. The van der Waals surface area contributed by atoms with E-state index in [2.05, 4.69) is 20.4 Å². The van der Waals surface area contributed by atoms with Gasteiger partial charge in [0.05, 0.1) is 0 Å². The van der Waals surface area contributed by atoms with Crippen LogP contribution in [0, 0.1) is 6.92 Å². The minimum Gasteiger partial charge on any atom is -0.380 e. The van der Waals surface area contributed by atoms with Crippen LogP contribution >= 0.6 is 0 Å². The van der Waals surface area contributed by atoms with Gasteiger partial charge in [0.2, 0.25) is 5.82 Å². The number of nitrogens with zero attached hydrogens (tertiary/aromatic N) is 3. The summed E-state index contributed by atoms with van der Waals surface area (Å²) in [7, 11) is 0. The molecule has 6 heteroatoms. The van der Waals surface area contributed by atoms with Crippen LogP contribution in [0.15, 0.2) is 22.9 Å². The summed E-state index contributed by atoms with van der Waals surface area (Å²) in [5.74, 6) is 0.706. The molecule has 0 atom stereocenters. The minimum absolute atomic E-state index is 0.285. The first-order valence-corrected chi connectivity index (χ1v) is 6.38. The van der Waals surface area contributed by atoms with E-state index in [4.69, 9.17) is 4.52 Å². The molecule has 0 aliphatic carbocycles. The van der Waals surface area contributed by atoms with Crippen LogP contribution in [0.4, 0.5) is 0 Å². The number of aryl methyl sites for hydroxylation is 1. The van der Waals surface area contributed by atoms with Crippen LogP contribution in [0.1, 0.15) is 24.3 Å². The Hall–Kier alpha value is -1.79. The number of aliphatic hydroxyl groups is 1. The molecule has 1 aliphatic rings. The van der Waals surface area contributed by atoms with Gasteiger partial charge in [-0.2, -0.15) is 4.98 Å². The number of pyridine rings is 1. The largest absolute Gasteiger partial charge is 0.380 e. The summed E-state index contributed by atoms with van der Waals surface area (Å²) >= 11 is 0. The molecule has 100 valence electrons. The standard InChI is InChI=1S/C13H16N4O2/c1-9-2-5-15-10(8-9)11-16-12(19-17-11)13(18)3-6-14-7-4-13/h2,5,8,14,18H,3-4,6-7H2,1H3. The number of hydrogen-bond donors (Lipinski definition) is 2. The van der Waals surface area contributed by atoms with E-state index < -0.39 is 5.60 Å². The fourth-order valence-electron chi connectivity index (χ4n) is 2.23. The Morgan fingerprint density at radius 1 is 1.37 bits per heavy atom. The molecule has 0 bridgehead atoms. The summed E-state index contributed by atoms with van der Waals surface area (Å²) in [6.07, 6.45) is 2.87. The van der Waals surface area contributed by atoms with Crippen molar-refractivity contribution in [2.75, 3.05) is 13.1 Å². The quantitative estimate of drug-likeness (QED) is 0.838. The molecule has 0 saturated carbocycles. The highest BCUT2D eigenvalue weighted by Gasteiger charge is 2.37. The van der Waals surface area contributed by atoms with Crippen molar-refractivity contribution < 1.29 is 9.63 Å². The molecular weight excluding hydrogens is 244 g/mol. The van der Waals surface area contributed by atoms with E-state index in [-0.39, 0.29) is 5.89 Å². The zero-order chi connectivity index (χ0) is 13.3. The summed E-state index contributed by atoms with van der Waals surface area (Å²) in [6, 6.07) is 3.80. The second-order valence-electron chi connectivity index (χ2n) is 4.92. The van der Waals surface area contributed by atoms with Crippen LogP contribution < -0.4 is 5.32 Å². The molecule has 2 N–H and O–H groups in total. The Balaban J connectivity index is 1.91. The van der Waals surface area contributed by atoms with Crippen molar-refractivity contribution in [1.82, 2.24) is 20.4 Å². The SMILES string of the molecule is Cc1ccnc(-c2noc(C3(O)CCNCC3)n2)c1. The van der Waals surface area contributed by atoms with E-state index in [0.717, 1.165) is 18.7 Å². The van der Waals surface area contributed by atoms with E-state index in [0.29, 0.717) is 24.4 Å². The lowest BCUT2D eigenvalue weighted by Gasteiger charge is -2.28. The summed E-state index contributed by atoms with van der Waals surface area (Å²) in [6.45, 7) is 3.47. The van der Waals surface area contributed by atoms with Crippen LogP contribution in [0.5, 0.6) is 0 Å². The lowest BCUT2D eigenvalue weighted by molar-refractivity contribution is -0.0228. The Morgan fingerprint density at radius 3 is 2.89 bits per heavy atom. The molecule has 0 spiro atoms. The van der Waals surface area contributed by atoms with Crippen molar-refractivity contribution in [2.24, 2.45) is 0 Å². The number of rotatable bonds is 2. The first-order valence-electron chi connectivity index (χ1n) is 6.38. The van der Waals surface area contributed by atoms with Gasteiger partial charge in [0.15, 0.2) is 0 Å². The fraction of sp³-hybridized carbons (Fsp3) is 0.462. The summed E-state index contributed by atoms with van der Waals surface area (Å²) in [5.41, 5.74) is 0.727. The Morgan fingerprint density at radius 2 is 2.16 bits per heavy atom. The maximum Gasteiger partial charge on any atom is 0.259 e. The van der Waals surface area contributed by atoms with Gasteiger partial charge in [0.25, 0.3) is 5.89 Å². The Bertz CT molecular complexity index is 576. The molecule has 3 heterocycles. The van der Waals surface area contributed by atoms with Crippen LogP contribution in [-0.4, -0.2) is 33.3 Å². The van der Waals surface area contributed by atoms with Gasteiger partial charge in [0, 0.05) is 6.20 Å². The van der Waals surface area contributed by atoms with E-state index >= 15 is 0 Å². The summed E-state index contributed by atoms with van der Waals surface area (Å²) in [5, 5.41) is 17.6. The molecule has 0 aromatic carbocycles. The van der Waals surface area contributed by atoms with Crippen molar-refractivity contribution in [2.45, 2.75) is 25.4 Å².